The first kappa shape index (κ1) is 29.0. The summed E-state index contributed by atoms with van der Waals surface area (Å²) in [6, 6.07) is 63.4. The molecule has 51 heavy (non-hydrogen) atoms. The standard InChI is InChI=1S/C47H30N2O2/c1-3-11-31(12-4-1)33-19-24-37(25-20-33)49(39-28-21-32-13-7-8-16-36(32)29-39)38-26-22-34(23-27-38)44-45-43(51-47(48-45)35-14-5-2-6-15-35)30-41-40-17-9-10-18-42(40)50-46(41)44/h1-30H. The van der Waals surface area contributed by atoms with Crippen molar-refractivity contribution >= 4 is 60.9 Å². The number of oxazole rings is 1. The van der Waals surface area contributed by atoms with E-state index in [1.807, 2.05) is 54.6 Å². The molecule has 0 N–H and O–H groups in total. The molecule has 8 aromatic carbocycles. The van der Waals surface area contributed by atoms with Crippen LogP contribution in [0.15, 0.2) is 191 Å². The molecule has 2 aromatic heterocycles. The lowest BCUT2D eigenvalue weighted by Gasteiger charge is -2.26. The average molecular weight is 655 g/mol. The molecule has 4 heteroatoms. The third kappa shape index (κ3) is 5.04. The molecule has 0 fully saturated rings. The van der Waals surface area contributed by atoms with Gasteiger partial charge in [0.2, 0.25) is 5.89 Å². The minimum Gasteiger partial charge on any atom is -0.455 e. The highest BCUT2D eigenvalue weighted by molar-refractivity contribution is 6.16. The molecule has 0 saturated heterocycles. The van der Waals surface area contributed by atoms with Crippen molar-refractivity contribution in [3.05, 3.63) is 182 Å². The molecule has 0 bridgehead atoms. The van der Waals surface area contributed by atoms with Crippen molar-refractivity contribution in [2.45, 2.75) is 0 Å². The second-order valence-corrected chi connectivity index (χ2v) is 12.8. The SMILES string of the molecule is c1ccc(-c2ccc(N(c3ccc(-c4c5nc(-c6ccccc6)oc5cc5c4oc4ccccc45)cc3)c3ccc4ccccc4c3)cc2)cc1. The monoisotopic (exact) mass is 654 g/mol. The van der Waals surface area contributed by atoms with Crippen molar-refractivity contribution in [2.24, 2.45) is 0 Å². The van der Waals surface area contributed by atoms with Gasteiger partial charge in [0, 0.05) is 33.4 Å². The first-order chi connectivity index (χ1) is 25.3. The molecule has 0 unspecified atom stereocenters. The van der Waals surface area contributed by atoms with Gasteiger partial charge in [0.15, 0.2) is 5.58 Å². The van der Waals surface area contributed by atoms with Gasteiger partial charge in [-0.2, -0.15) is 0 Å². The third-order valence-corrected chi connectivity index (χ3v) is 9.69. The fourth-order valence-corrected chi connectivity index (χ4v) is 7.19. The Morgan fingerprint density at radius 2 is 0.980 bits per heavy atom. The van der Waals surface area contributed by atoms with Crippen molar-refractivity contribution in [1.82, 2.24) is 4.98 Å². The van der Waals surface area contributed by atoms with E-state index in [1.54, 1.807) is 0 Å². The smallest absolute Gasteiger partial charge is 0.227 e. The number of rotatable bonds is 6. The van der Waals surface area contributed by atoms with E-state index in [2.05, 4.69) is 132 Å². The molecule has 0 atom stereocenters. The second kappa shape index (κ2) is 11.9. The Kier molecular flexibility index (Phi) is 6.78. The fourth-order valence-electron chi connectivity index (χ4n) is 7.19. The predicted molar refractivity (Wildman–Crippen MR) is 210 cm³/mol. The molecule has 10 aromatic rings. The van der Waals surface area contributed by atoms with Gasteiger partial charge in [-0.3, -0.25) is 0 Å². The van der Waals surface area contributed by atoms with Crippen molar-refractivity contribution in [3.63, 3.8) is 0 Å². The number of anilines is 3. The average Bonchev–Trinajstić information content (AvgIpc) is 3.80. The van der Waals surface area contributed by atoms with E-state index in [1.165, 1.54) is 21.9 Å². The van der Waals surface area contributed by atoms with Gasteiger partial charge in [0.1, 0.15) is 16.7 Å². The summed E-state index contributed by atoms with van der Waals surface area (Å²) in [5, 5.41) is 4.45. The predicted octanol–water partition coefficient (Wildman–Crippen LogP) is 13.4. The van der Waals surface area contributed by atoms with Gasteiger partial charge >= 0.3 is 0 Å². The summed E-state index contributed by atoms with van der Waals surface area (Å²) in [6.07, 6.45) is 0. The maximum atomic E-state index is 6.57. The number of benzene rings is 8. The van der Waals surface area contributed by atoms with Crippen LogP contribution in [-0.2, 0) is 0 Å². The Morgan fingerprint density at radius 1 is 0.392 bits per heavy atom. The number of nitrogens with zero attached hydrogens (tertiary/aromatic N) is 2. The van der Waals surface area contributed by atoms with Crippen molar-refractivity contribution < 1.29 is 8.83 Å². The molecule has 0 aliphatic heterocycles. The molecule has 10 rings (SSSR count). The molecule has 4 nitrogen and oxygen atoms in total. The number of hydrogen-bond donors (Lipinski definition) is 0. The highest BCUT2D eigenvalue weighted by Crippen LogP contribution is 2.44. The lowest BCUT2D eigenvalue weighted by atomic mass is 10.00. The first-order valence-electron chi connectivity index (χ1n) is 17.1. The van der Waals surface area contributed by atoms with E-state index >= 15 is 0 Å². The van der Waals surface area contributed by atoms with Crippen LogP contribution in [0.5, 0.6) is 0 Å². The van der Waals surface area contributed by atoms with Gasteiger partial charge < -0.3 is 13.7 Å². The van der Waals surface area contributed by atoms with Crippen LogP contribution in [0.2, 0.25) is 0 Å². The van der Waals surface area contributed by atoms with Crippen LogP contribution in [0.25, 0.3) is 77.5 Å². The highest BCUT2D eigenvalue weighted by atomic mass is 16.4. The molecule has 0 radical (unpaired) electrons. The normalized spacial score (nSPS) is 11.5. The zero-order valence-electron chi connectivity index (χ0n) is 27.5. The minimum absolute atomic E-state index is 0.585. The van der Waals surface area contributed by atoms with Crippen LogP contribution in [0, 0.1) is 0 Å². The van der Waals surface area contributed by atoms with Crippen LogP contribution >= 0.6 is 0 Å². The summed E-state index contributed by atoms with van der Waals surface area (Å²) in [5.74, 6) is 0.585. The molecule has 0 spiro atoms. The molecule has 0 amide bonds. The Morgan fingerprint density at radius 3 is 1.73 bits per heavy atom. The summed E-state index contributed by atoms with van der Waals surface area (Å²) >= 11 is 0. The first-order valence-corrected chi connectivity index (χ1v) is 17.1. The highest BCUT2D eigenvalue weighted by Gasteiger charge is 2.22. The summed E-state index contributed by atoms with van der Waals surface area (Å²) in [4.78, 5) is 7.37. The van der Waals surface area contributed by atoms with E-state index < -0.39 is 0 Å². The Labute approximate surface area is 294 Å². The quantitative estimate of drug-likeness (QED) is 0.179. The van der Waals surface area contributed by atoms with Gasteiger partial charge in [-0.15, -0.1) is 0 Å². The Bertz CT molecular complexity index is 2840. The summed E-state index contributed by atoms with van der Waals surface area (Å²) in [7, 11) is 0. The van der Waals surface area contributed by atoms with Gasteiger partial charge in [-0.05, 0) is 88.1 Å². The van der Waals surface area contributed by atoms with E-state index in [9.17, 15) is 0 Å². The molecule has 240 valence electrons. The van der Waals surface area contributed by atoms with Crippen LogP contribution in [0.3, 0.4) is 0 Å². The van der Waals surface area contributed by atoms with Crippen LogP contribution in [0.4, 0.5) is 17.1 Å². The number of fused-ring (bicyclic) bond motifs is 5. The largest absolute Gasteiger partial charge is 0.455 e. The van der Waals surface area contributed by atoms with Crippen molar-refractivity contribution in [2.75, 3.05) is 4.90 Å². The summed E-state index contributed by atoms with van der Waals surface area (Å²) in [5.41, 5.74) is 11.6. The second-order valence-electron chi connectivity index (χ2n) is 12.8. The van der Waals surface area contributed by atoms with Crippen molar-refractivity contribution in [3.8, 4) is 33.7 Å². The van der Waals surface area contributed by atoms with Crippen LogP contribution in [0.1, 0.15) is 0 Å². The van der Waals surface area contributed by atoms with Gasteiger partial charge in [-0.1, -0.05) is 121 Å². The number of para-hydroxylation sites is 1. The third-order valence-electron chi connectivity index (χ3n) is 9.69. The molecular formula is C47H30N2O2. The summed E-state index contributed by atoms with van der Waals surface area (Å²) in [6.45, 7) is 0. The van der Waals surface area contributed by atoms with E-state index in [-0.39, 0.29) is 0 Å². The van der Waals surface area contributed by atoms with Gasteiger partial charge in [0.05, 0.1) is 5.56 Å². The molecule has 0 saturated carbocycles. The minimum atomic E-state index is 0.585. The molecule has 0 aliphatic rings. The summed E-state index contributed by atoms with van der Waals surface area (Å²) < 4.78 is 13.0. The molecule has 2 heterocycles. The number of furan rings is 1. The van der Waals surface area contributed by atoms with Gasteiger partial charge in [-0.25, -0.2) is 4.98 Å². The van der Waals surface area contributed by atoms with E-state index in [0.29, 0.717) is 5.89 Å². The zero-order valence-corrected chi connectivity index (χ0v) is 27.5. The lowest BCUT2D eigenvalue weighted by Crippen LogP contribution is -2.09. The maximum Gasteiger partial charge on any atom is 0.227 e. The molecular weight excluding hydrogens is 625 g/mol. The Hall–Kier alpha value is -6.91. The lowest BCUT2D eigenvalue weighted by molar-refractivity contribution is 0.620. The fraction of sp³-hybridized carbons (Fsp3) is 0. The molecule has 0 aliphatic carbocycles. The van der Waals surface area contributed by atoms with E-state index in [4.69, 9.17) is 13.8 Å². The van der Waals surface area contributed by atoms with Crippen LogP contribution in [-0.4, -0.2) is 4.98 Å². The maximum absolute atomic E-state index is 6.57. The topological polar surface area (TPSA) is 42.4 Å². The zero-order chi connectivity index (χ0) is 33.7. The number of hydrogen-bond acceptors (Lipinski definition) is 4. The number of aromatic nitrogens is 1. The van der Waals surface area contributed by atoms with Gasteiger partial charge in [0.25, 0.3) is 0 Å². The van der Waals surface area contributed by atoms with Crippen molar-refractivity contribution in [1.29, 1.82) is 0 Å². The Balaban J connectivity index is 1.13. The van der Waals surface area contributed by atoms with Crippen LogP contribution < -0.4 is 4.90 Å². The van der Waals surface area contributed by atoms with E-state index in [0.717, 1.165) is 66.8 Å².